The fraction of sp³-hybridized carbons (Fsp3) is 0.261. The molecule has 0 aliphatic carbocycles. The summed E-state index contributed by atoms with van der Waals surface area (Å²) >= 11 is 0. The summed E-state index contributed by atoms with van der Waals surface area (Å²) in [4.78, 5) is 39.4. The Morgan fingerprint density at radius 1 is 1.10 bits per heavy atom. The molecule has 8 nitrogen and oxygen atoms in total. The number of carbonyl (C=O) groups excluding carboxylic acids is 3. The van der Waals surface area contributed by atoms with Gasteiger partial charge in [-0.3, -0.25) is 14.4 Å². The summed E-state index contributed by atoms with van der Waals surface area (Å²) in [7, 11) is 0. The van der Waals surface area contributed by atoms with Crippen LogP contribution in [0.1, 0.15) is 19.4 Å². The number of hydrogen-bond acceptors (Lipinski definition) is 4. The number of ether oxygens (including phenoxy) is 1. The van der Waals surface area contributed by atoms with Crippen LogP contribution in [0.25, 0.3) is 10.9 Å². The molecule has 0 aliphatic heterocycles. The van der Waals surface area contributed by atoms with Crippen LogP contribution in [0.15, 0.2) is 54.7 Å². The molecule has 0 fully saturated rings. The molecule has 4 N–H and O–H groups in total. The van der Waals surface area contributed by atoms with E-state index in [1.165, 1.54) is 6.92 Å². The summed E-state index contributed by atoms with van der Waals surface area (Å²) in [5.41, 5.74) is 2.41. The number of rotatable bonds is 9. The highest BCUT2D eigenvalue weighted by Gasteiger charge is 2.22. The van der Waals surface area contributed by atoms with Gasteiger partial charge in [0, 0.05) is 48.7 Å². The topological polar surface area (TPSA) is 112 Å². The van der Waals surface area contributed by atoms with Gasteiger partial charge >= 0.3 is 0 Å². The van der Waals surface area contributed by atoms with Crippen LogP contribution in [0.4, 0.5) is 5.69 Å². The van der Waals surface area contributed by atoms with Gasteiger partial charge in [0.05, 0.1) is 0 Å². The van der Waals surface area contributed by atoms with E-state index in [9.17, 15) is 14.4 Å². The van der Waals surface area contributed by atoms with Crippen LogP contribution in [-0.4, -0.2) is 41.9 Å². The van der Waals surface area contributed by atoms with Crippen molar-refractivity contribution in [3.05, 3.63) is 60.3 Å². The Morgan fingerprint density at radius 3 is 2.68 bits per heavy atom. The first-order valence-electron chi connectivity index (χ1n) is 10.1. The molecule has 0 saturated heterocycles. The molecule has 3 aromatic rings. The number of anilines is 1. The highest BCUT2D eigenvalue weighted by atomic mass is 16.5. The third-order valence-electron chi connectivity index (χ3n) is 4.64. The Balaban J connectivity index is 1.70. The second kappa shape index (κ2) is 10.3. The minimum absolute atomic E-state index is 0.111. The Kier molecular flexibility index (Phi) is 7.26. The molecule has 3 amide bonds. The molecule has 1 atom stereocenters. The van der Waals surface area contributed by atoms with Gasteiger partial charge in [-0.15, -0.1) is 0 Å². The number of nitrogens with one attached hydrogen (secondary N) is 4. The summed E-state index contributed by atoms with van der Waals surface area (Å²) in [5.74, 6) is -0.404. The zero-order valence-corrected chi connectivity index (χ0v) is 17.5. The fourth-order valence-corrected chi connectivity index (χ4v) is 3.27. The number of likely N-dealkylation sites (N-methyl/N-ethyl adjacent to an activating group) is 1. The van der Waals surface area contributed by atoms with E-state index in [0.29, 0.717) is 24.4 Å². The first-order valence-corrected chi connectivity index (χ1v) is 10.1. The van der Waals surface area contributed by atoms with E-state index in [1.54, 1.807) is 24.3 Å². The van der Waals surface area contributed by atoms with E-state index in [0.717, 1.165) is 16.5 Å². The standard InChI is InChI=1S/C23H26N4O4/c1-3-24-22(29)14-31-18-8-6-7-17(12-18)27-23(30)21(26-15(2)28)11-16-13-25-20-10-5-4-9-19(16)20/h4-10,12-13,21,25H,3,11,14H2,1-2H3,(H,24,29)(H,26,28)(H,27,30). The largest absolute Gasteiger partial charge is 0.484 e. The lowest BCUT2D eigenvalue weighted by Gasteiger charge is -2.18. The fourth-order valence-electron chi connectivity index (χ4n) is 3.27. The number of carbonyl (C=O) groups is 3. The maximum Gasteiger partial charge on any atom is 0.257 e. The van der Waals surface area contributed by atoms with E-state index in [2.05, 4.69) is 20.9 Å². The molecule has 8 heteroatoms. The van der Waals surface area contributed by atoms with Crippen molar-refractivity contribution in [1.82, 2.24) is 15.6 Å². The molecular formula is C23H26N4O4. The number of H-pyrrole nitrogens is 1. The van der Waals surface area contributed by atoms with Crippen molar-refractivity contribution in [3.8, 4) is 5.75 Å². The van der Waals surface area contributed by atoms with Crippen molar-refractivity contribution in [1.29, 1.82) is 0 Å². The molecule has 0 aliphatic rings. The molecule has 31 heavy (non-hydrogen) atoms. The average molecular weight is 422 g/mol. The van der Waals surface area contributed by atoms with Gasteiger partial charge in [-0.2, -0.15) is 0 Å². The van der Waals surface area contributed by atoms with Gasteiger partial charge in [0.2, 0.25) is 11.8 Å². The van der Waals surface area contributed by atoms with Gasteiger partial charge < -0.3 is 25.7 Å². The van der Waals surface area contributed by atoms with Crippen molar-refractivity contribution in [2.75, 3.05) is 18.5 Å². The van der Waals surface area contributed by atoms with Crippen molar-refractivity contribution < 1.29 is 19.1 Å². The summed E-state index contributed by atoms with van der Waals surface area (Å²) < 4.78 is 5.46. The lowest BCUT2D eigenvalue weighted by atomic mass is 10.0. The molecule has 1 unspecified atom stereocenters. The normalized spacial score (nSPS) is 11.5. The van der Waals surface area contributed by atoms with Gasteiger partial charge in [0.25, 0.3) is 5.91 Å². The molecular weight excluding hydrogens is 396 g/mol. The molecule has 162 valence electrons. The molecule has 2 aromatic carbocycles. The number of hydrogen-bond donors (Lipinski definition) is 4. The van der Waals surface area contributed by atoms with E-state index >= 15 is 0 Å². The van der Waals surface area contributed by atoms with Crippen LogP contribution >= 0.6 is 0 Å². The Bertz CT molecular complexity index is 1080. The molecule has 1 aromatic heterocycles. The predicted octanol–water partition coefficient (Wildman–Crippen LogP) is 2.37. The second-order valence-electron chi connectivity index (χ2n) is 7.08. The van der Waals surface area contributed by atoms with E-state index in [4.69, 9.17) is 4.74 Å². The quantitative estimate of drug-likeness (QED) is 0.424. The lowest BCUT2D eigenvalue weighted by Crippen LogP contribution is -2.44. The number of fused-ring (bicyclic) bond motifs is 1. The summed E-state index contributed by atoms with van der Waals surface area (Å²) in [6.07, 6.45) is 2.19. The Morgan fingerprint density at radius 2 is 1.90 bits per heavy atom. The Labute approximate surface area is 180 Å². The van der Waals surface area contributed by atoms with Gasteiger partial charge in [-0.1, -0.05) is 24.3 Å². The highest BCUT2D eigenvalue weighted by molar-refractivity contribution is 5.97. The lowest BCUT2D eigenvalue weighted by molar-refractivity contribution is -0.125. The van der Waals surface area contributed by atoms with Gasteiger partial charge in [-0.05, 0) is 30.7 Å². The van der Waals surface area contributed by atoms with Gasteiger partial charge in [0.15, 0.2) is 6.61 Å². The van der Waals surface area contributed by atoms with Crippen LogP contribution < -0.4 is 20.7 Å². The van der Waals surface area contributed by atoms with Crippen molar-refractivity contribution >= 4 is 34.3 Å². The Hall–Kier alpha value is -3.81. The third kappa shape index (κ3) is 6.08. The zero-order chi connectivity index (χ0) is 22.2. The van der Waals surface area contributed by atoms with Crippen LogP contribution in [0.3, 0.4) is 0 Å². The maximum absolute atomic E-state index is 12.9. The number of aromatic amines is 1. The second-order valence-corrected chi connectivity index (χ2v) is 7.08. The van der Waals surface area contributed by atoms with Gasteiger partial charge in [-0.25, -0.2) is 0 Å². The molecule has 0 spiro atoms. The molecule has 3 rings (SSSR count). The molecule has 0 radical (unpaired) electrons. The summed E-state index contributed by atoms with van der Waals surface area (Å²) in [6.45, 7) is 3.63. The van der Waals surface area contributed by atoms with Crippen LogP contribution in [0, 0.1) is 0 Å². The third-order valence-corrected chi connectivity index (χ3v) is 4.64. The number of aromatic nitrogens is 1. The van der Waals surface area contributed by atoms with Gasteiger partial charge in [0.1, 0.15) is 11.8 Å². The minimum Gasteiger partial charge on any atom is -0.484 e. The first-order chi connectivity index (χ1) is 15.0. The summed E-state index contributed by atoms with van der Waals surface area (Å²) in [5, 5.41) is 9.20. The van der Waals surface area contributed by atoms with E-state index in [-0.39, 0.29) is 24.3 Å². The summed E-state index contributed by atoms with van der Waals surface area (Å²) in [6, 6.07) is 13.8. The molecule has 0 saturated carbocycles. The van der Waals surface area contributed by atoms with E-state index < -0.39 is 6.04 Å². The molecule has 1 heterocycles. The van der Waals surface area contributed by atoms with Crippen LogP contribution in [0.2, 0.25) is 0 Å². The maximum atomic E-state index is 12.9. The van der Waals surface area contributed by atoms with Crippen molar-refractivity contribution in [2.45, 2.75) is 26.3 Å². The average Bonchev–Trinajstić information content (AvgIpc) is 3.15. The number of amides is 3. The number of benzene rings is 2. The predicted molar refractivity (Wildman–Crippen MR) is 119 cm³/mol. The van der Waals surface area contributed by atoms with Crippen LogP contribution in [-0.2, 0) is 20.8 Å². The monoisotopic (exact) mass is 422 g/mol. The van der Waals surface area contributed by atoms with Crippen molar-refractivity contribution in [2.24, 2.45) is 0 Å². The number of para-hydroxylation sites is 1. The van der Waals surface area contributed by atoms with Crippen molar-refractivity contribution in [3.63, 3.8) is 0 Å². The smallest absolute Gasteiger partial charge is 0.257 e. The highest BCUT2D eigenvalue weighted by Crippen LogP contribution is 2.21. The first kappa shape index (κ1) is 21.9. The van der Waals surface area contributed by atoms with Crippen LogP contribution in [0.5, 0.6) is 5.75 Å². The zero-order valence-electron chi connectivity index (χ0n) is 17.5. The van der Waals surface area contributed by atoms with E-state index in [1.807, 2.05) is 37.4 Å². The molecule has 0 bridgehead atoms. The minimum atomic E-state index is -0.753. The SMILES string of the molecule is CCNC(=O)COc1cccc(NC(=O)C(Cc2c[nH]c3ccccc23)NC(C)=O)c1.